The Morgan fingerprint density at radius 3 is 2.45 bits per heavy atom. The molecule has 0 radical (unpaired) electrons. The fraction of sp³-hybridized carbons (Fsp3) is 0.214. The molecule has 20 heavy (non-hydrogen) atoms. The number of hydrogen-bond donors (Lipinski definition) is 0. The van der Waals surface area contributed by atoms with E-state index in [9.17, 15) is 0 Å². The molecule has 2 aromatic rings. The lowest BCUT2D eigenvalue weighted by atomic mass is 10.2. The summed E-state index contributed by atoms with van der Waals surface area (Å²) in [5, 5.41) is 0.989. The number of aromatic nitrogens is 1. The smallest absolute Gasteiger partial charge is 0.228 e. The van der Waals surface area contributed by atoms with Crippen molar-refractivity contribution in [2.75, 3.05) is 13.2 Å². The Balaban J connectivity index is 1.90. The molecule has 1 aromatic carbocycles. The second-order valence-corrected chi connectivity index (χ2v) is 5.71. The van der Waals surface area contributed by atoms with Crippen LogP contribution < -0.4 is 9.47 Å². The largest absolute Gasteiger partial charge is 0.487 e. The molecule has 0 bridgehead atoms. The second kappa shape index (κ2) is 7.16. The maximum absolute atomic E-state index is 6.09. The van der Waals surface area contributed by atoms with Crippen molar-refractivity contribution in [3.8, 4) is 11.6 Å². The van der Waals surface area contributed by atoms with Crippen LogP contribution in [0.5, 0.6) is 11.6 Å². The molecule has 106 valence electrons. The number of rotatable bonds is 5. The highest BCUT2D eigenvalue weighted by atomic mass is 79.9. The van der Waals surface area contributed by atoms with Crippen LogP contribution >= 0.6 is 39.1 Å². The summed E-state index contributed by atoms with van der Waals surface area (Å²) in [6.07, 6.45) is 1.66. The van der Waals surface area contributed by atoms with E-state index >= 15 is 0 Å². The molecule has 3 nitrogen and oxygen atoms in total. The fourth-order valence-corrected chi connectivity index (χ4v) is 2.66. The van der Waals surface area contributed by atoms with Crippen molar-refractivity contribution in [2.45, 2.75) is 6.92 Å². The Kier molecular flexibility index (Phi) is 5.52. The van der Waals surface area contributed by atoms with Gasteiger partial charge in [0.15, 0.2) is 5.75 Å². The van der Waals surface area contributed by atoms with E-state index in [1.54, 1.807) is 18.3 Å². The van der Waals surface area contributed by atoms with Gasteiger partial charge in [-0.1, -0.05) is 23.2 Å². The maximum Gasteiger partial charge on any atom is 0.228 e. The topological polar surface area (TPSA) is 31.4 Å². The number of halogens is 3. The van der Waals surface area contributed by atoms with Crippen LogP contribution in [0.1, 0.15) is 5.56 Å². The standard InChI is InChI=1S/C14H12BrCl2NO2/c1-9-7-11(16)13(12(17)8-9)19-5-6-20-14-10(15)3-2-4-18-14/h2-4,7-8H,5-6H2,1H3. The fourth-order valence-electron chi connectivity index (χ4n) is 1.58. The number of aryl methyl sites for hydroxylation is 1. The van der Waals surface area contributed by atoms with E-state index in [1.807, 2.05) is 19.1 Å². The monoisotopic (exact) mass is 375 g/mol. The lowest BCUT2D eigenvalue weighted by Gasteiger charge is -2.11. The van der Waals surface area contributed by atoms with Gasteiger partial charge in [-0.2, -0.15) is 0 Å². The molecular weight excluding hydrogens is 365 g/mol. The average Bonchev–Trinajstić information content (AvgIpc) is 2.38. The minimum Gasteiger partial charge on any atom is -0.487 e. The summed E-state index contributed by atoms with van der Waals surface area (Å²) in [6, 6.07) is 7.29. The highest BCUT2D eigenvalue weighted by Crippen LogP contribution is 2.33. The zero-order valence-electron chi connectivity index (χ0n) is 10.7. The van der Waals surface area contributed by atoms with Crippen LogP contribution in [0.4, 0.5) is 0 Å². The molecule has 0 aliphatic heterocycles. The summed E-state index contributed by atoms with van der Waals surface area (Å²) in [6.45, 7) is 2.59. The summed E-state index contributed by atoms with van der Waals surface area (Å²) in [4.78, 5) is 4.09. The number of pyridine rings is 1. The molecule has 2 rings (SSSR count). The first-order chi connectivity index (χ1) is 9.58. The van der Waals surface area contributed by atoms with Gasteiger partial charge in [0.2, 0.25) is 5.88 Å². The minimum absolute atomic E-state index is 0.325. The average molecular weight is 377 g/mol. The summed E-state index contributed by atoms with van der Waals surface area (Å²) in [5.74, 6) is 1.000. The minimum atomic E-state index is 0.325. The normalized spacial score (nSPS) is 10.4. The van der Waals surface area contributed by atoms with Crippen LogP contribution in [-0.2, 0) is 0 Å². The Morgan fingerprint density at radius 2 is 1.80 bits per heavy atom. The number of nitrogens with zero attached hydrogens (tertiary/aromatic N) is 1. The Hall–Kier alpha value is -0.970. The summed E-state index contributed by atoms with van der Waals surface area (Å²) in [5.41, 5.74) is 0.987. The van der Waals surface area contributed by atoms with Gasteiger partial charge < -0.3 is 9.47 Å². The third kappa shape index (κ3) is 4.01. The Morgan fingerprint density at radius 1 is 1.15 bits per heavy atom. The summed E-state index contributed by atoms with van der Waals surface area (Å²) >= 11 is 15.5. The first kappa shape index (κ1) is 15.4. The van der Waals surface area contributed by atoms with Crippen LogP contribution in [0, 0.1) is 6.92 Å². The first-order valence-electron chi connectivity index (χ1n) is 5.89. The molecule has 1 aromatic heterocycles. The zero-order valence-corrected chi connectivity index (χ0v) is 13.8. The molecule has 1 heterocycles. The van der Waals surface area contributed by atoms with Gasteiger partial charge in [-0.25, -0.2) is 4.98 Å². The van der Waals surface area contributed by atoms with Gasteiger partial charge in [0.05, 0.1) is 14.5 Å². The molecule has 0 aliphatic carbocycles. The highest BCUT2D eigenvalue weighted by Gasteiger charge is 2.08. The van der Waals surface area contributed by atoms with E-state index in [0.717, 1.165) is 10.0 Å². The van der Waals surface area contributed by atoms with Crippen LogP contribution in [0.15, 0.2) is 34.9 Å². The predicted molar refractivity (Wildman–Crippen MR) is 84.1 cm³/mol. The van der Waals surface area contributed by atoms with Crippen LogP contribution in [0.2, 0.25) is 10.0 Å². The molecule has 0 unspecified atom stereocenters. The van der Waals surface area contributed by atoms with E-state index in [1.165, 1.54) is 0 Å². The van der Waals surface area contributed by atoms with E-state index in [-0.39, 0.29) is 0 Å². The molecule has 0 saturated carbocycles. The zero-order chi connectivity index (χ0) is 14.5. The van der Waals surface area contributed by atoms with Crippen molar-refractivity contribution in [2.24, 2.45) is 0 Å². The molecule has 0 aliphatic rings. The van der Waals surface area contributed by atoms with Gasteiger partial charge in [-0.3, -0.25) is 0 Å². The molecular formula is C14H12BrCl2NO2. The predicted octanol–water partition coefficient (Wildman–Crippen LogP) is 4.92. The van der Waals surface area contributed by atoms with Crippen molar-refractivity contribution in [3.05, 3.63) is 50.5 Å². The highest BCUT2D eigenvalue weighted by molar-refractivity contribution is 9.10. The molecule has 0 amide bonds. The second-order valence-electron chi connectivity index (χ2n) is 4.04. The van der Waals surface area contributed by atoms with Crippen molar-refractivity contribution in [3.63, 3.8) is 0 Å². The van der Waals surface area contributed by atoms with Crippen molar-refractivity contribution < 1.29 is 9.47 Å². The van der Waals surface area contributed by atoms with Gasteiger partial charge in [0.1, 0.15) is 13.2 Å². The van der Waals surface area contributed by atoms with E-state index < -0.39 is 0 Å². The van der Waals surface area contributed by atoms with Gasteiger partial charge >= 0.3 is 0 Å². The molecule has 0 saturated heterocycles. The van der Waals surface area contributed by atoms with Crippen molar-refractivity contribution in [1.82, 2.24) is 4.98 Å². The quantitative estimate of drug-likeness (QED) is 0.694. The number of hydrogen-bond acceptors (Lipinski definition) is 3. The molecule has 6 heteroatoms. The Labute approximate surface area is 136 Å². The van der Waals surface area contributed by atoms with Crippen molar-refractivity contribution in [1.29, 1.82) is 0 Å². The van der Waals surface area contributed by atoms with Crippen LogP contribution in [-0.4, -0.2) is 18.2 Å². The molecule has 0 spiro atoms. The third-order valence-electron chi connectivity index (χ3n) is 2.44. The molecule has 0 atom stereocenters. The summed E-state index contributed by atoms with van der Waals surface area (Å²) < 4.78 is 11.8. The van der Waals surface area contributed by atoms with Gasteiger partial charge in [0.25, 0.3) is 0 Å². The summed E-state index contributed by atoms with van der Waals surface area (Å²) in [7, 11) is 0. The van der Waals surface area contributed by atoms with Gasteiger partial charge in [0, 0.05) is 6.20 Å². The van der Waals surface area contributed by atoms with Gasteiger partial charge in [-0.05, 0) is 52.7 Å². The van der Waals surface area contributed by atoms with E-state index in [0.29, 0.717) is 34.9 Å². The van der Waals surface area contributed by atoms with Crippen LogP contribution in [0.25, 0.3) is 0 Å². The Bertz CT molecular complexity index is 584. The lowest BCUT2D eigenvalue weighted by molar-refractivity contribution is 0.211. The third-order valence-corrected chi connectivity index (χ3v) is 3.60. The SMILES string of the molecule is Cc1cc(Cl)c(OCCOc2ncccc2Br)c(Cl)c1. The number of ether oxygens (including phenoxy) is 2. The van der Waals surface area contributed by atoms with Crippen molar-refractivity contribution >= 4 is 39.1 Å². The van der Waals surface area contributed by atoms with E-state index in [4.69, 9.17) is 32.7 Å². The van der Waals surface area contributed by atoms with Crippen LogP contribution in [0.3, 0.4) is 0 Å². The molecule has 0 fully saturated rings. The maximum atomic E-state index is 6.09. The first-order valence-corrected chi connectivity index (χ1v) is 7.44. The molecule has 0 N–H and O–H groups in total. The lowest BCUT2D eigenvalue weighted by Crippen LogP contribution is -2.10. The van der Waals surface area contributed by atoms with Gasteiger partial charge in [-0.15, -0.1) is 0 Å². The van der Waals surface area contributed by atoms with E-state index in [2.05, 4.69) is 20.9 Å². The number of benzene rings is 1.